The molecule has 1 aliphatic rings. The first-order chi connectivity index (χ1) is 9.79. The van der Waals surface area contributed by atoms with Crippen molar-refractivity contribution in [3.8, 4) is 6.07 Å². The summed E-state index contributed by atoms with van der Waals surface area (Å²) in [6, 6.07) is 9.09. The van der Waals surface area contributed by atoms with Crippen LogP contribution in [0.4, 0.5) is 0 Å². The maximum Gasteiger partial charge on any atom is 0.328 e. The third-order valence-electron chi connectivity index (χ3n) is 3.83. The predicted molar refractivity (Wildman–Crippen MR) is 77.2 cm³/mol. The predicted octanol–water partition coefficient (Wildman–Crippen LogP) is 1.58. The molecule has 0 spiro atoms. The molecule has 0 bridgehead atoms. The highest BCUT2D eigenvalue weighted by molar-refractivity contribution is 7.91. The minimum atomic E-state index is -3.54. The molecule has 1 aromatic rings. The van der Waals surface area contributed by atoms with Crippen LogP contribution >= 0.6 is 0 Å². The summed E-state index contributed by atoms with van der Waals surface area (Å²) in [5.74, 6) is -1.43. The number of nitrogens with zero attached hydrogens (tertiary/aromatic N) is 1. The van der Waals surface area contributed by atoms with Gasteiger partial charge in [-0.25, -0.2) is 8.42 Å². The molecule has 0 saturated heterocycles. The van der Waals surface area contributed by atoms with Crippen LogP contribution in [0.2, 0.25) is 0 Å². The number of aryl methyl sites for hydroxylation is 1. The molecule has 6 heteroatoms. The van der Waals surface area contributed by atoms with Gasteiger partial charge in [-0.3, -0.25) is 4.79 Å². The summed E-state index contributed by atoms with van der Waals surface area (Å²) in [7, 11) is -3.54. The second-order valence-electron chi connectivity index (χ2n) is 5.34. The van der Waals surface area contributed by atoms with E-state index in [1.165, 1.54) is 0 Å². The summed E-state index contributed by atoms with van der Waals surface area (Å²) in [6.07, 6.45) is 1.05. The summed E-state index contributed by atoms with van der Waals surface area (Å²) in [4.78, 5) is 12.2. The summed E-state index contributed by atoms with van der Waals surface area (Å²) in [5, 5.41) is 8.41. The van der Waals surface area contributed by atoms with E-state index < -0.39 is 32.4 Å². The highest BCUT2D eigenvalue weighted by Gasteiger charge is 2.76. The van der Waals surface area contributed by atoms with Crippen molar-refractivity contribution >= 4 is 15.8 Å². The molecule has 0 heterocycles. The lowest BCUT2D eigenvalue weighted by atomic mass is 10.00. The van der Waals surface area contributed by atoms with E-state index in [4.69, 9.17) is 4.74 Å². The Morgan fingerprint density at radius 1 is 1.38 bits per heavy atom. The molecule has 21 heavy (non-hydrogen) atoms. The third kappa shape index (κ3) is 2.42. The van der Waals surface area contributed by atoms with Gasteiger partial charge in [0.1, 0.15) is 5.25 Å². The van der Waals surface area contributed by atoms with Crippen molar-refractivity contribution in [1.82, 2.24) is 0 Å². The third-order valence-corrected chi connectivity index (χ3v) is 5.40. The van der Waals surface area contributed by atoms with Crippen LogP contribution < -0.4 is 0 Å². The summed E-state index contributed by atoms with van der Waals surface area (Å²) in [6.45, 7) is 3.65. The molecule has 0 unspecified atom stereocenters. The van der Waals surface area contributed by atoms with E-state index >= 15 is 0 Å². The minimum Gasteiger partial charge on any atom is -0.465 e. The maximum absolute atomic E-state index is 12.2. The fraction of sp³-hybridized carbons (Fsp3) is 0.467. The van der Waals surface area contributed by atoms with Crippen molar-refractivity contribution in [2.24, 2.45) is 5.41 Å². The summed E-state index contributed by atoms with van der Waals surface area (Å²) in [5.41, 5.74) is 0.0680. The summed E-state index contributed by atoms with van der Waals surface area (Å²) < 4.78 is 28.9. The molecule has 3 atom stereocenters. The monoisotopic (exact) mass is 307 g/mol. The number of carbonyl (C=O) groups is 1. The number of hydrogen-bond donors (Lipinski definition) is 0. The van der Waals surface area contributed by atoms with E-state index in [1.54, 1.807) is 19.1 Å². The molecule has 1 aliphatic carbocycles. The van der Waals surface area contributed by atoms with Crippen molar-refractivity contribution in [2.75, 3.05) is 12.9 Å². The Hall–Kier alpha value is -1.87. The highest BCUT2D eigenvalue weighted by Crippen LogP contribution is 2.63. The number of ether oxygens (including phenoxy) is 1. The lowest BCUT2D eigenvalue weighted by molar-refractivity contribution is -0.147. The smallest absolute Gasteiger partial charge is 0.328 e. The standard InChI is InChI=1S/C15H17NO4S/c1-4-20-14(17)15(9-16)12(13(15)21(3,18)19)11-7-5-10(2)6-8-11/h5-8,12-13H,4H2,1-3H3/t12-,13-,15-/m1/s1. The fourth-order valence-corrected chi connectivity index (χ4v) is 4.58. The van der Waals surface area contributed by atoms with E-state index in [9.17, 15) is 18.5 Å². The fourth-order valence-electron chi connectivity index (χ4n) is 2.82. The first-order valence-electron chi connectivity index (χ1n) is 6.63. The lowest BCUT2D eigenvalue weighted by Crippen LogP contribution is -2.24. The maximum atomic E-state index is 12.2. The van der Waals surface area contributed by atoms with Crippen LogP contribution in [0.5, 0.6) is 0 Å². The molecule has 0 aliphatic heterocycles. The molecule has 1 fully saturated rings. The molecular weight excluding hydrogens is 290 g/mol. The zero-order chi connectivity index (χ0) is 15.8. The topological polar surface area (TPSA) is 84.2 Å². The van der Waals surface area contributed by atoms with E-state index in [0.717, 1.165) is 11.8 Å². The molecule has 0 N–H and O–H groups in total. The van der Waals surface area contributed by atoms with Crippen molar-refractivity contribution in [3.63, 3.8) is 0 Å². The number of sulfone groups is 1. The average Bonchev–Trinajstić information content (AvgIpc) is 3.10. The van der Waals surface area contributed by atoms with Crippen LogP contribution in [-0.4, -0.2) is 32.5 Å². The van der Waals surface area contributed by atoms with Gasteiger partial charge in [-0.05, 0) is 19.4 Å². The van der Waals surface area contributed by atoms with E-state index in [-0.39, 0.29) is 6.61 Å². The Balaban J connectivity index is 2.50. The van der Waals surface area contributed by atoms with Crippen LogP contribution in [0.25, 0.3) is 0 Å². The van der Waals surface area contributed by atoms with Crippen molar-refractivity contribution in [1.29, 1.82) is 5.26 Å². The van der Waals surface area contributed by atoms with Gasteiger partial charge in [-0.1, -0.05) is 29.8 Å². The van der Waals surface area contributed by atoms with Gasteiger partial charge in [0.05, 0.1) is 12.7 Å². The second kappa shape index (κ2) is 5.15. The number of esters is 1. The Morgan fingerprint density at radius 3 is 2.38 bits per heavy atom. The zero-order valence-corrected chi connectivity index (χ0v) is 13.0. The molecule has 0 amide bonds. The largest absolute Gasteiger partial charge is 0.465 e. The number of nitriles is 1. The van der Waals surface area contributed by atoms with Crippen LogP contribution in [0.15, 0.2) is 24.3 Å². The number of hydrogen-bond acceptors (Lipinski definition) is 5. The van der Waals surface area contributed by atoms with Gasteiger partial charge >= 0.3 is 5.97 Å². The van der Waals surface area contributed by atoms with Gasteiger partial charge in [-0.2, -0.15) is 5.26 Å². The van der Waals surface area contributed by atoms with Crippen LogP contribution in [0.3, 0.4) is 0 Å². The lowest BCUT2D eigenvalue weighted by Gasteiger charge is -2.08. The number of rotatable bonds is 4. The number of benzene rings is 1. The second-order valence-corrected chi connectivity index (χ2v) is 7.51. The van der Waals surface area contributed by atoms with Crippen LogP contribution in [-0.2, 0) is 19.4 Å². The molecule has 0 aromatic heterocycles. The van der Waals surface area contributed by atoms with Crippen LogP contribution in [0.1, 0.15) is 24.0 Å². The minimum absolute atomic E-state index is 0.110. The molecular formula is C15H17NO4S. The Labute approximate surface area is 124 Å². The molecule has 5 nitrogen and oxygen atoms in total. The van der Waals surface area contributed by atoms with E-state index in [1.807, 2.05) is 25.1 Å². The molecule has 112 valence electrons. The SMILES string of the molecule is CCOC(=O)[C@]1(C#N)[C@H](c2ccc(C)cc2)[C@H]1S(C)(=O)=O. The number of carbonyl (C=O) groups excluding carboxylic acids is 1. The summed E-state index contributed by atoms with van der Waals surface area (Å²) >= 11 is 0. The van der Waals surface area contributed by atoms with Gasteiger partial charge in [0, 0.05) is 12.2 Å². The highest BCUT2D eigenvalue weighted by atomic mass is 32.2. The average molecular weight is 307 g/mol. The Bertz CT molecular complexity index is 702. The quantitative estimate of drug-likeness (QED) is 0.788. The zero-order valence-electron chi connectivity index (χ0n) is 12.2. The molecule has 1 saturated carbocycles. The Kier molecular flexibility index (Phi) is 3.81. The van der Waals surface area contributed by atoms with Crippen molar-refractivity contribution in [2.45, 2.75) is 25.0 Å². The van der Waals surface area contributed by atoms with Gasteiger partial charge in [0.15, 0.2) is 15.3 Å². The van der Waals surface area contributed by atoms with E-state index in [0.29, 0.717) is 5.56 Å². The van der Waals surface area contributed by atoms with Crippen molar-refractivity contribution in [3.05, 3.63) is 35.4 Å². The Morgan fingerprint density at radius 2 is 1.95 bits per heavy atom. The normalized spacial score (nSPS) is 27.7. The van der Waals surface area contributed by atoms with Crippen LogP contribution in [0, 0.1) is 23.7 Å². The molecule has 1 aromatic carbocycles. The van der Waals surface area contributed by atoms with E-state index in [2.05, 4.69) is 0 Å². The van der Waals surface area contributed by atoms with Gasteiger partial charge in [0.2, 0.25) is 0 Å². The first-order valence-corrected chi connectivity index (χ1v) is 8.58. The van der Waals surface area contributed by atoms with Crippen molar-refractivity contribution < 1.29 is 17.9 Å². The van der Waals surface area contributed by atoms with Gasteiger partial charge < -0.3 is 4.74 Å². The molecule has 0 radical (unpaired) electrons. The van der Waals surface area contributed by atoms with Gasteiger partial charge in [-0.15, -0.1) is 0 Å². The first kappa shape index (κ1) is 15.5. The molecule has 2 rings (SSSR count). The van der Waals surface area contributed by atoms with Gasteiger partial charge in [0.25, 0.3) is 0 Å².